The number of carbonyl (C=O) groups excluding carboxylic acids is 1. The van der Waals surface area contributed by atoms with Crippen LogP contribution in [0, 0.1) is 0 Å². The Kier molecular flexibility index (Phi) is 5.38. The van der Waals surface area contributed by atoms with E-state index in [0.29, 0.717) is 17.0 Å². The van der Waals surface area contributed by atoms with Gasteiger partial charge in [0.15, 0.2) is 0 Å². The molecule has 2 N–H and O–H groups in total. The van der Waals surface area contributed by atoms with E-state index in [1.807, 2.05) is 30.3 Å². The second kappa shape index (κ2) is 7.47. The lowest BCUT2D eigenvalue weighted by Gasteiger charge is -2.06. The SMILES string of the molecule is COC(=O)N/N=C/c1cc(Cc2ccccc2Cl)ccc1O. The van der Waals surface area contributed by atoms with Crippen LogP contribution in [0.1, 0.15) is 16.7 Å². The quantitative estimate of drug-likeness (QED) is 0.671. The number of nitrogens with zero attached hydrogens (tertiary/aromatic N) is 1. The average Bonchev–Trinajstić information content (AvgIpc) is 2.52. The Hall–Kier alpha value is -2.53. The molecule has 0 aromatic heterocycles. The van der Waals surface area contributed by atoms with Gasteiger partial charge in [-0.05, 0) is 35.7 Å². The predicted molar refractivity (Wildman–Crippen MR) is 85.5 cm³/mol. The van der Waals surface area contributed by atoms with Crippen molar-refractivity contribution < 1.29 is 14.6 Å². The van der Waals surface area contributed by atoms with Gasteiger partial charge in [-0.25, -0.2) is 10.2 Å². The molecule has 0 fully saturated rings. The number of ether oxygens (including phenoxy) is 1. The molecule has 0 aliphatic carbocycles. The highest BCUT2D eigenvalue weighted by Crippen LogP contribution is 2.22. The van der Waals surface area contributed by atoms with Crippen molar-refractivity contribution in [3.05, 3.63) is 64.2 Å². The molecule has 0 bridgehead atoms. The van der Waals surface area contributed by atoms with Gasteiger partial charge in [0, 0.05) is 10.6 Å². The molecule has 6 heteroatoms. The second-order valence-electron chi connectivity index (χ2n) is 4.52. The summed E-state index contributed by atoms with van der Waals surface area (Å²) < 4.78 is 4.39. The van der Waals surface area contributed by atoms with Crippen molar-refractivity contribution >= 4 is 23.9 Å². The normalized spacial score (nSPS) is 10.6. The van der Waals surface area contributed by atoms with Crippen LogP contribution in [-0.4, -0.2) is 24.5 Å². The number of benzene rings is 2. The van der Waals surface area contributed by atoms with E-state index < -0.39 is 6.09 Å². The molecule has 2 aromatic carbocycles. The van der Waals surface area contributed by atoms with Crippen molar-refractivity contribution in [2.75, 3.05) is 7.11 Å². The van der Waals surface area contributed by atoms with E-state index in [2.05, 4.69) is 15.3 Å². The van der Waals surface area contributed by atoms with Gasteiger partial charge >= 0.3 is 6.09 Å². The number of phenols is 1. The summed E-state index contributed by atoms with van der Waals surface area (Å²) in [7, 11) is 1.24. The first-order chi connectivity index (χ1) is 10.6. The molecule has 0 spiro atoms. The van der Waals surface area contributed by atoms with E-state index >= 15 is 0 Å². The highest BCUT2D eigenvalue weighted by molar-refractivity contribution is 6.31. The Bertz CT molecular complexity index is 702. The number of hydrogen-bond donors (Lipinski definition) is 2. The summed E-state index contributed by atoms with van der Waals surface area (Å²) >= 11 is 6.14. The van der Waals surface area contributed by atoms with Crippen molar-refractivity contribution in [1.29, 1.82) is 0 Å². The topological polar surface area (TPSA) is 70.9 Å². The van der Waals surface area contributed by atoms with Gasteiger partial charge in [-0.3, -0.25) is 0 Å². The zero-order valence-corrected chi connectivity index (χ0v) is 12.7. The fourth-order valence-corrected chi connectivity index (χ4v) is 2.08. The highest BCUT2D eigenvalue weighted by atomic mass is 35.5. The summed E-state index contributed by atoms with van der Waals surface area (Å²) in [6.07, 6.45) is 1.30. The molecule has 0 aliphatic rings. The molecule has 22 heavy (non-hydrogen) atoms. The van der Waals surface area contributed by atoms with Crippen LogP contribution in [0.5, 0.6) is 5.75 Å². The number of aromatic hydroxyl groups is 1. The van der Waals surface area contributed by atoms with E-state index in [1.165, 1.54) is 13.3 Å². The minimum Gasteiger partial charge on any atom is -0.507 e. The molecule has 0 heterocycles. The molecule has 0 saturated carbocycles. The van der Waals surface area contributed by atoms with Crippen molar-refractivity contribution in [3.8, 4) is 5.75 Å². The van der Waals surface area contributed by atoms with Crippen LogP contribution >= 0.6 is 11.6 Å². The molecule has 2 rings (SSSR count). The first-order valence-corrected chi connectivity index (χ1v) is 6.90. The molecule has 0 unspecified atom stereocenters. The van der Waals surface area contributed by atoms with Crippen LogP contribution < -0.4 is 5.43 Å². The number of halogens is 1. The molecular weight excluding hydrogens is 304 g/mol. The fraction of sp³-hybridized carbons (Fsp3) is 0.125. The number of amides is 1. The van der Waals surface area contributed by atoms with Crippen molar-refractivity contribution in [3.63, 3.8) is 0 Å². The number of hydrogen-bond acceptors (Lipinski definition) is 4. The predicted octanol–water partition coefficient (Wildman–Crippen LogP) is 3.33. The van der Waals surface area contributed by atoms with Crippen LogP contribution in [0.2, 0.25) is 5.02 Å². The zero-order valence-electron chi connectivity index (χ0n) is 11.9. The minimum atomic E-state index is -0.678. The smallest absolute Gasteiger partial charge is 0.427 e. The first kappa shape index (κ1) is 15.9. The molecule has 114 valence electrons. The van der Waals surface area contributed by atoms with Gasteiger partial charge in [0.25, 0.3) is 0 Å². The molecule has 0 radical (unpaired) electrons. The summed E-state index contributed by atoms with van der Waals surface area (Å²) in [4.78, 5) is 10.9. The lowest BCUT2D eigenvalue weighted by Crippen LogP contribution is -2.16. The van der Waals surface area contributed by atoms with Gasteiger partial charge in [0.2, 0.25) is 0 Å². The van der Waals surface area contributed by atoms with Gasteiger partial charge in [0.1, 0.15) is 5.75 Å². The Morgan fingerprint density at radius 3 is 2.86 bits per heavy atom. The number of carbonyl (C=O) groups is 1. The van der Waals surface area contributed by atoms with Gasteiger partial charge < -0.3 is 9.84 Å². The van der Waals surface area contributed by atoms with Crippen LogP contribution in [-0.2, 0) is 11.2 Å². The standard InChI is InChI=1S/C16H15ClN2O3/c1-22-16(21)19-18-10-13-9-11(6-7-15(13)20)8-12-4-2-3-5-14(12)17/h2-7,9-10,20H,8H2,1H3,(H,19,21)/b18-10+. The molecule has 0 saturated heterocycles. The van der Waals surface area contributed by atoms with Crippen LogP contribution in [0.15, 0.2) is 47.6 Å². The molecule has 2 aromatic rings. The Morgan fingerprint density at radius 1 is 1.36 bits per heavy atom. The van der Waals surface area contributed by atoms with Crippen LogP contribution in [0.4, 0.5) is 4.79 Å². The Labute approximate surface area is 133 Å². The molecular formula is C16H15ClN2O3. The first-order valence-electron chi connectivity index (χ1n) is 6.52. The van der Waals surface area contributed by atoms with Gasteiger partial charge in [-0.1, -0.05) is 35.9 Å². The zero-order chi connectivity index (χ0) is 15.9. The molecule has 1 amide bonds. The Morgan fingerprint density at radius 2 is 2.14 bits per heavy atom. The third-order valence-corrected chi connectivity index (χ3v) is 3.36. The van der Waals surface area contributed by atoms with E-state index in [-0.39, 0.29) is 5.75 Å². The van der Waals surface area contributed by atoms with E-state index in [0.717, 1.165) is 11.1 Å². The lowest BCUT2D eigenvalue weighted by atomic mass is 10.0. The van der Waals surface area contributed by atoms with Crippen LogP contribution in [0.3, 0.4) is 0 Å². The van der Waals surface area contributed by atoms with Crippen molar-refractivity contribution in [1.82, 2.24) is 5.43 Å². The summed E-state index contributed by atoms with van der Waals surface area (Å²) in [5.41, 5.74) is 4.60. The van der Waals surface area contributed by atoms with Crippen LogP contribution in [0.25, 0.3) is 0 Å². The highest BCUT2D eigenvalue weighted by Gasteiger charge is 2.05. The summed E-state index contributed by atoms with van der Waals surface area (Å²) in [5, 5.41) is 14.2. The summed E-state index contributed by atoms with van der Waals surface area (Å²) in [5.74, 6) is 0.0679. The third kappa shape index (κ3) is 4.23. The summed E-state index contributed by atoms with van der Waals surface area (Å²) in [6, 6.07) is 12.7. The van der Waals surface area contributed by atoms with Gasteiger partial charge in [-0.15, -0.1) is 0 Å². The number of phenolic OH excluding ortho intramolecular Hbond substituents is 1. The summed E-state index contributed by atoms with van der Waals surface area (Å²) in [6.45, 7) is 0. The molecule has 0 atom stereocenters. The molecule has 0 aliphatic heterocycles. The third-order valence-electron chi connectivity index (χ3n) is 2.99. The van der Waals surface area contributed by atoms with Gasteiger partial charge in [0.05, 0.1) is 13.3 Å². The number of methoxy groups -OCH3 is 1. The average molecular weight is 319 g/mol. The van der Waals surface area contributed by atoms with Crippen molar-refractivity contribution in [2.45, 2.75) is 6.42 Å². The maximum Gasteiger partial charge on any atom is 0.427 e. The number of hydrazone groups is 1. The monoisotopic (exact) mass is 318 g/mol. The lowest BCUT2D eigenvalue weighted by molar-refractivity contribution is 0.171. The van der Waals surface area contributed by atoms with E-state index in [4.69, 9.17) is 11.6 Å². The van der Waals surface area contributed by atoms with E-state index in [1.54, 1.807) is 12.1 Å². The maximum atomic E-state index is 10.9. The minimum absolute atomic E-state index is 0.0679. The fourth-order valence-electron chi connectivity index (χ4n) is 1.88. The maximum absolute atomic E-state index is 10.9. The Balaban J connectivity index is 2.16. The van der Waals surface area contributed by atoms with Crippen molar-refractivity contribution in [2.24, 2.45) is 5.10 Å². The number of rotatable bonds is 4. The second-order valence-corrected chi connectivity index (χ2v) is 4.93. The number of nitrogens with one attached hydrogen (secondary N) is 1. The van der Waals surface area contributed by atoms with E-state index in [9.17, 15) is 9.90 Å². The molecule has 5 nitrogen and oxygen atoms in total. The van der Waals surface area contributed by atoms with Gasteiger partial charge in [-0.2, -0.15) is 5.10 Å². The largest absolute Gasteiger partial charge is 0.507 e.